The number of aromatic carboxylic acids is 1. The number of carboxylic acids is 1. The standard InChI is InChI=1S/C23H22N2O4/c1-25(21-5-3-2-4-19(21)23(28)29)22(27)20(24)14-15-6-8-16(9-7-15)17-10-12-18(26)13-11-17/h2-13,20,26H,14,24H2,1H3,(H,28,29). The van der Waals surface area contributed by atoms with Crippen LogP contribution in [0, 0.1) is 0 Å². The molecule has 3 aromatic rings. The van der Waals surface area contributed by atoms with Crippen LogP contribution in [0.5, 0.6) is 5.75 Å². The van der Waals surface area contributed by atoms with Gasteiger partial charge in [0.25, 0.3) is 0 Å². The largest absolute Gasteiger partial charge is 0.508 e. The van der Waals surface area contributed by atoms with Gasteiger partial charge in [-0.3, -0.25) is 4.79 Å². The molecule has 1 amide bonds. The van der Waals surface area contributed by atoms with Crippen molar-refractivity contribution in [1.29, 1.82) is 0 Å². The minimum atomic E-state index is -1.10. The number of anilines is 1. The van der Waals surface area contributed by atoms with Crippen LogP contribution in [0.4, 0.5) is 5.69 Å². The van der Waals surface area contributed by atoms with E-state index in [1.54, 1.807) is 30.3 Å². The molecule has 0 saturated heterocycles. The lowest BCUT2D eigenvalue weighted by molar-refractivity contribution is -0.119. The number of nitrogens with two attached hydrogens (primary N) is 1. The summed E-state index contributed by atoms with van der Waals surface area (Å²) in [5, 5.41) is 18.7. The molecule has 0 saturated carbocycles. The Morgan fingerprint density at radius 1 is 0.931 bits per heavy atom. The number of amides is 1. The monoisotopic (exact) mass is 390 g/mol. The predicted octanol–water partition coefficient (Wildman–Crippen LogP) is 3.29. The number of para-hydroxylation sites is 1. The molecule has 3 rings (SSSR count). The number of aromatic hydroxyl groups is 1. The van der Waals surface area contributed by atoms with Gasteiger partial charge in [-0.25, -0.2) is 4.79 Å². The number of phenolic OH excluding ortho intramolecular Hbond substituents is 1. The molecule has 6 nitrogen and oxygen atoms in total. The molecule has 6 heteroatoms. The van der Waals surface area contributed by atoms with Crippen molar-refractivity contribution in [3.63, 3.8) is 0 Å². The molecule has 0 aliphatic carbocycles. The fourth-order valence-corrected chi connectivity index (χ4v) is 3.14. The van der Waals surface area contributed by atoms with Gasteiger partial charge >= 0.3 is 5.97 Å². The first-order chi connectivity index (χ1) is 13.9. The minimum Gasteiger partial charge on any atom is -0.508 e. The molecule has 0 aromatic heterocycles. The first-order valence-corrected chi connectivity index (χ1v) is 9.10. The van der Waals surface area contributed by atoms with Gasteiger partial charge in [-0.2, -0.15) is 0 Å². The van der Waals surface area contributed by atoms with Crippen molar-refractivity contribution in [2.24, 2.45) is 5.73 Å². The highest BCUT2D eigenvalue weighted by Crippen LogP contribution is 2.23. The van der Waals surface area contributed by atoms with Gasteiger partial charge in [-0.15, -0.1) is 0 Å². The molecular formula is C23H22N2O4. The summed E-state index contributed by atoms with van der Waals surface area (Å²) in [7, 11) is 1.53. The normalized spacial score (nSPS) is 11.7. The predicted molar refractivity (Wildman–Crippen MR) is 112 cm³/mol. The molecule has 4 N–H and O–H groups in total. The van der Waals surface area contributed by atoms with E-state index in [0.29, 0.717) is 12.1 Å². The zero-order chi connectivity index (χ0) is 21.0. The van der Waals surface area contributed by atoms with E-state index in [4.69, 9.17) is 5.73 Å². The molecule has 0 bridgehead atoms. The van der Waals surface area contributed by atoms with Crippen LogP contribution in [0.2, 0.25) is 0 Å². The first-order valence-electron chi connectivity index (χ1n) is 9.10. The molecule has 0 heterocycles. The Hall–Kier alpha value is -3.64. The van der Waals surface area contributed by atoms with Crippen LogP contribution < -0.4 is 10.6 Å². The van der Waals surface area contributed by atoms with E-state index in [2.05, 4.69) is 0 Å². The van der Waals surface area contributed by atoms with Gasteiger partial charge in [0.1, 0.15) is 5.75 Å². The van der Waals surface area contributed by atoms with Crippen LogP contribution in [0.1, 0.15) is 15.9 Å². The Labute approximate surface area is 168 Å². The van der Waals surface area contributed by atoms with Crippen molar-refractivity contribution in [3.05, 3.63) is 83.9 Å². The summed E-state index contributed by atoms with van der Waals surface area (Å²) < 4.78 is 0. The van der Waals surface area contributed by atoms with E-state index in [0.717, 1.165) is 16.7 Å². The first kappa shape index (κ1) is 20.1. The summed E-state index contributed by atoms with van der Waals surface area (Å²) in [6, 6.07) is 20.1. The third-order valence-corrected chi connectivity index (χ3v) is 4.75. The summed E-state index contributed by atoms with van der Waals surface area (Å²) in [5.41, 5.74) is 9.33. The molecule has 148 valence electrons. The Morgan fingerprint density at radius 3 is 2.07 bits per heavy atom. The number of likely N-dealkylation sites (N-methyl/N-ethyl adjacent to an activating group) is 1. The van der Waals surface area contributed by atoms with Gasteiger partial charge in [0, 0.05) is 7.05 Å². The highest BCUT2D eigenvalue weighted by molar-refractivity contribution is 6.03. The van der Waals surface area contributed by atoms with E-state index >= 15 is 0 Å². The van der Waals surface area contributed by atoms with Crippen molar-refractivity contribution < 1.29 is 19.8 Å². The molecule has 1 atom stereocenters. The highest BCUT2D eigenvalue weighted by Gasteiger charge is 2.23. The second-order valence-electron chi connectivity index (χ2n) is 6.77. The van der Waals surface area contributed by atoms with Crippen molar-refractivity contribution >= 4 is 17.6 Å². The van der Waals surface area contributed by atoms with Gasteiger partial charge in [0.15, 0.2) is 0 Å². The maximum absolute atomic E-state index is 12.7. The van der Waals surface area contributed by atoms with Crippen LogP contribution in [0.3, 0.4) is 0 Å². The maximum atomic E-state index is 12.7. The zero-order valence-electron chi connectivity index (χ0n) is 15.9. The molecule has 0 spiro atoms. The van der Waals surface area contributed by atoms with Crippen molar-refractivity contribution in [1.82, 2.24) is 0 Å². The number of carbonyl (C=O) groups excluding carboxylic acids is 1. The summed E-state index contributed by atoms with van der Waals surface area (Å²) in [6.45, 7) is 0. The molecular weight excluding hydrogens is 368 g/mol. The van der Waals surface area contributed by atoms with Crippen molar-refractivity contribution in [3.8, 4) is 16.9 Å². The minimum absolute atomic E-state index is 0.0498. The van der Waals surface area contributed by atoms with Crippen molar-refractivity contribution in [2.75, 3.05) is 11.9 Å². The fraction of sp³-hybridized carbons (Fsp3) is 0.130. The lowest BCUT2D eigenvalue weighted by Gasteiger charge is -2.23. The third kappa shape index (κ3) is 4.62. The van der Waals surface area contributed by atoms with E-state index in [9.17, 15) is 19.8 Å². The maximum Gasteiger partial charge on any atom is 0.337 e. The molecule has 0 fully saturated rings. The number of hydrogen-bond donors (Lipinski definition) is 3. The van der Waals surface area contributed by atoms with E-state index in [-0.39, 0.29) is 17.2 Å². The van der Waals surface area contributed by atoms with Gasteiger partial charge < -0.3 is 20.8 Å². The van der Waals surface area contributed by atoms with Crippen LogP contribution in [-0.4, -0.2) is 35.2 Å². The van der Waals surface area contributed by atoms with Crippen LogP contribution in [-0.2, 0) is 11.2 Å². The molecule has 29 heavy (non-hydrogen) atoms. The summed E-state index contributed by atoms with van der Waals surface area (Å²) >= 11 is 0. The number of benzene rings is 3. The average molecular weight is 390 g/mol. The molecule has 0 aliphatic rings. The van der Waals surface area contributed by atoms with E-state index in [1.807, 2.05) is 36.4 Å². The SMILES string of the molecule is CN(C(=O)C(N)Cc1ccc(-c2ccc(O)cc2)cc1)c1ccccc1C(=O)O. The highest BCUT2D eigenvalue weighted by atomic mass is 16.4. The van der Waals surface area contributed by atoms with E-state index < -0.39 is 12.0 Å². The van der Waals surface area contributed by atoms with Crippen molar-refractivity contribution in [2.45, 2.75) is 12.5 Å². The topological polar surface area (TPSA) is 104 Å². The second kappa shape index (κ2) is 8.58. The number of nitrogens with zero attached hydrogens (tertiary/aromatic N) is 1. The molecule has 0 radical (unpaired) electrons. The Balaban J connectivity index is 1.71. The second-order valence-corrected chi connectivity index (χ2v) is 6.77. The van der Waals surface area contributed by atoms with Gasteiger partial charge in [0.2, 0.25) is 5.91 Å². The third-order valence-electron chi connectivity index (χ3n) is 4.75. The Bertz CT molecular complexity index is 1010. The van der Waals surface area contributed by atoms with Crippen LogP contribution >= 0.6 is 0 Å². The molecule has 3 aromatic carbocycles. The number of carbonyl (C=O) groups is 2. The quantitative estimate of drug-likeness (QED) is 0.599. The lowest BCUT2D eigenvalue weighted by atomic mass is 10.00. The fourth-order valence-electron chi connectivity index (χ4n) is 3.14. The smallest absolute Gasteiger partial charge is 0.337 e. The van der Waals surface area contributed by atoms with E-state index in [1.165, 1.54) is 18.0 Å². The number of phenols is 1. The zero-order valence-corrected chi connectivity index (χ0v) is 15.9. The van der Waals surface area contributed by atoms with Gasteiger partial charge in [-0.1, -0.05) is 48.5 Å². The summed E-state index contributed by atoms with van der Waals surface area (Å²) in [5.74, 6) is -1.25. The number of rotatable bonds is 6. The van der Waals surface area contributed by atoms with Gasteiger partial charge in [-0.05, 0) is 47.4 Å². The number of carboxylic acid groups (broad SMARTS) is 1. The molecule has 0 aliphatic heterocycles. The Morgan fingerprint density at radius 2 is 1.48 bits per heavy atom. The Kier molecular flexibility index (Phi) is 5.95. The van der Waals surface area contributed by atoms with Crippen LogP contribution in [0.15, 0.2) is 72.8 Å². The summed E-state index contributed by atoms with van der Waals surface area (Å²) in [6.07, 6.45) is 0.328. The van der Waals surface area contributed by atoms with Gasteiger partial charge in [0.05, 0.1) is 17.3 Å². The molecule has 1 unspecified atom stereocenters. The summed E-state index contributed by atoms with van der Waals surface area (Å²) in [4.78, 5) is 25.4. The lowest BCUT2D eigenvalue weighted by Crippen LogP contribution is -2.43. The number of hydrogen-bond acceptors (Lipinski definition) is 4. The van der Waals surface area contributed by atoms with Crippen LogP contribution in [0.25, 0.3) is 11.1 Å². The average Bonchev–Trinajstić information content (AvgIpc) is 2.73.